The number of rotatable bonds is 2. The fourth-order valence-corrected chi connectivity index (χ4v) is 2.68. The summed E-state index contributed by atoms with van der Waals surface area (Å²) >= 11 is 0. The van der Waals surface area contributed by atoms with Crippen molar-refractivity contribution in [3.8, 4) is 0 Å². The zero-order chi connectivity index (χ0) is 13.1. The Kier molecular flexibility index (Phi) is 2.19. The van der Waals surface area contributed by atoms with Crippen LogP contribution in [-0.4, -0.2) is 44.4 Å². The molecule has 1 aliphatic heterocycles. The predicted octanol–water partition coefficient (Wildman–Crippen LogP) is 0.620. The molecule has 0 spiro atoms. The van der Waals surface area contributed by atoms with Crippen molar-refractivity contribution in [2.24, 2.45) is 11.8 Å². The van der Waals surface area contributed by atoms with Crippen LogP contribution in [0.4, 0.5) is 4.79 Å². The van der Waals surface area contributed by atoms with E-state index in [2.05, 4.69) is 10.1 Å². The van der Waals surface area contributed by atoms with Gasteiger partial charge in [-0.05, 0) is 25.7 Å². The van der Waals surface area contributed by atoms with Gasteiger partial charge in [-0.25, -0.2) is 4.79 Å². The van der Waals surface area contributed by atoms with Crippen LogP contribution in [0, 0.1) is 11.8 Å². The number of carbonyl (C=O) groups is 1. The van der Waals surface area contributed by atoms with Crippen LogP contribution in [0.1, 0.15) is 31.5 Å². The van der Waals surface area contributed by atoms with Gasteiger partial charge in [0, 0.05) is 19.0 Å². The molecule has 7 nitrogen and oxygen atoms in total. The quantitative estimate of drug-likeness (QED) is 0.801. The van der Waals surface area contributed by atoms with Crippen molar-refractivity contribution >= 4 is 6.09 Å². The molecule has 1 unspecified atom stereocenters. The Morgan fingerprint density at radius 3 is 2.50 bits per heavy atom. The van der Waals surface area contributed by atoms with Crippen molar-refractivity contribution in [3.63, 3.8) is 0 Å². The Morgan fingerprint density at radius 1 is 1.44 bits per heavy atom. The Morgan fingerprint density at radius 2 is 2.06 bits per heavy atom. The van der Waals surface area contributed by atoms with Crippen molar-refractivity contribution in [1.29, 1.82) is 0 Å². The first-order chi connectivity index (χ1) is 8.38. The number of hydrogen-bond donors (Lipinski definition) is 2. The number of carboxylic acid groups (broad SMARTS) is 1. The number of fused-ring (bicyclic) bond motifs is 1. The molecule has 18 heavy (non-hydrogen) atoms. The topological polar surface area (TPSA) is 99.7 Å². The maximum atomic E-state index is 10.8. The Balaban J connectivity index is 1.70. The normalized spacial score (nSPS) is 30.4. The first-order valence-electron chi connectivity index (χ1n) is 5.92. The largest absolute Gasteiger partial charge is 0.465 e. The summed E-state index contributed by atoms with van der Waals surface area (Å²) in [4.78, 5) is 16.4. The second-order valence-electron chi connectivity index (χ2n) is 5.56. The lowest BCUT2D eigenvalue weighted by Gasteiger charge is -2.14. The Hall–Kier alpha value is -1.63. The fraction of sp³-hybridized carbons (Fsp3) is 0.727. The molecule has 2 heterocycles. The molecule has 1 saturated heterocycles. The van der Waals surface area contributed by atoms with Gasteiger partial charge in [-0.2, -0.15) is 4.98 Å². The first kappa shape index (κ1) is 11.5. The zero-order valence-electron chi connectivity index (χ0n) is 10.2. The number of hydrogen-bond acceptors (Lipinski definition) is 5. The van der Waals surface area contributed by atoms with Crippen molar-refractivity contribution < 1.29 is 19.5 Å². The molecule has 1 aromatic heterocycles. The molecule has 2 aliphatic rings. The third-order valence-electron chi connectivity index (χ3n) is 3.73. The van der Waals surface area contributed by atoms with E-state index in [0.29, 0.717) is 30.7 Å². The molecule has 2 N–H and O–H groups in total. The van der Waals surface area contributed by atoms with Gasteiger partial charge >= 0.3 is 6.09 Å². The van der Waals surface area contributed by atoms with Crippen LogP contribution in [0.3, 0.4) is 0 Å². The van der Waals surface area contributed by atoms with E-state index in [1.54, 1.807) is 13.8 Å². The van der Waals surface area contributed by atoms with Crippen LogP contribution < -0.4 is 0 Å². The minimum absolute atomic E-state index is 0.181. The molecule has 3 atom stereocenters. The van der Waals surface area contributed by atoms with Gasteiger partial charge in [-0.1, -0.05) is 5.16 Å². The summed E-state index contributed by atoms with van der Waals surface area (Å²) in [7, 11) is 0. The van der Waals surface area contributed by atoms with E-state index in [-0.39, 0.29) is 11.8 Å². The SMILES string of the molecule is CC(C)(O)c1nc(C2[C@H]3CN(C(=O)O)C[C@@H]23)no1. The van der Waals surface area contributed by atoms with Crippen LogP contribution in [0.25, 0.3) is 0 Å². The molecular weight excluding hydrogens is 238 g/mol. The lowest BCUT2D eigenvalue weighted by molar-refractivity contribution is 0.0420. The highest BCUT2D eigenvalue weighted by molar-refractivity contribution is 5.66. The van der Waals surface area contributed by atoms with Gasteiger partial charge in [0.15, 0.2) is 5.82 Å². The van der Waals surface area contributed by atoms with E-state index in [9.17, 15) is 9.90 Å². The molecular formula is C11H15N3O4. The van der Waals surface area contributed by atoms with E-state index in [4.69, 9.17) is 9.63 Å². The zero-order valence-corrected chi connectivity index (χ0v) is 10.2. The smallest absolute Gasteiger partial charge is 0.407 e. The highest BCUT2D eigenvalue weighted by Crippen LogP contribution is 2.57. The third kappa shape index (κ3) is 1.66. The molecule has 1 amide bonds. The number of piperidine rings is 1. The number of aromatic nitrogens is 2. The van der Waals surface area contributed by atoms with Crippen molar-refractivity contribution in [2.75, 3.05) is 13.1 Å². The van der Waals surface area contributed by atoms with Crippen LogP contribution in [0.2, 0.25) is 0 Å². The van der Waals surface area contributed by atoms with E-state index >= 15 is 0 Å². The summed E-state index contributed by atoms with van der Waals surface area (Å²) in [6.07, 6.45) is -0.869. The fourth-order valence-electron chi connectivity index (χ4n) is 2.68. The molecule has 1 saturated carbocycles. The molecule has 1 aliphatic carbocycles. The van der Waals surface area contributed by atoms with E-state index < -0.39 is 11.7 Å². The van der Waals surface area contributed by atoms with E-state index in [1.807, 2.05) is 0 Å². The molecule has 0 aromatic carbocycles. The predicted molar refractivity (Wildman–Crippen MR) is 58.9 cm³/mol. The van der Waals surface area contributed by atoms with Crippen molar-refractivity contribution in [3.05, 3.63) is 11.7 Å². The van der Waals surface area contributed by atoms with E-state index in [0.717, 1.165) is 0 Å². The Bertz CT molecular complexity index is 481. The number of amides is 1. The number of aliphatic hydroxyl groups is 1. The van der Waals surface area contributed by atoms with Crippen molar-refractivity contribution in [2.45, 2.75) is 25.4 Å². The lowest BCUT2D eigenvalue weighted by Crippen LogP contribution is -2.29. The first-order valence-corrected chi connectivity index (χ1v) is 5.92. The Labute approximate surface area is 103 Å². The minimum Gasteiger partial charge on any atom is -0.465 e. The van der Waals surface area contributed by atoms with Gasteiger partial charge in [0.05, 0.1) is 0 Å². The average Bonchev–Trinajstić information content (AvgIpc) is 2.75. The second kappa shape index (κ2) is 3.44. The molecule has 3 rings (SSSR count). The highest BCUT2D eigenvalue weighted by atomic mass is 16.5. The van der Waals surface area contributed by atoms with Gasteiger partial charge in [-0.15, -0.1) is 0 Å². The maximum absolute atomic E-state index is 10.8. The van der Waals surface area contributed by atoms with Crippen LogP contribution in [-0.2, 0) is 5.60 Å². The molecule has 7 heteroatoms. The van der Waals surface area contributed by atoms with Gasteiger partial charge in [0.1, 0.15) is 5.60 Å². The second-order valence-corrected chi connectivity index (χ2v) is 5.56. The van der Waals surface area contributed by atoms with Crippen LogP contribution in [0.15, 0.2) is 4.52 Å². The third-order valence-corrected chi connectivity index (χ3v) is 3.73. The summed E-state index contributed by atoms with van der Waals surface area (Å²) in [6, 6.07) is 0. The molecule has 2 fully saturated rings. The van der Waals surface area contributed by atoms with Crippen LogP contribution >= 0.6 is 0 Å². The standard InChI is InChI=1S/C11H15N3O4/c1-11(2,17)9-12-8(13-18-9)7-5-3-14(10(15)16)4-6(5)7/h5-7,17H,3-4H2,1-2H3,(H,15,16)/t5-,6+,7?. The summed E-state index contributed by atoms with van der Waals surface area (Å²) in [5.74, 6) is 1.58. The number of likely N-dealkylation sites (tertiary alicyclic amines) is 1. The molecule has 0 bridgehead atoms. The van der Waals surface area contributed by atoms with Crippen molar-refractivity contribution in [1.82, 2.24) is 15.0 Å². The summed E-state index contributed by atoms with van der Waals surface area (Å²) in [5, 5.41) is 22.5. The maximum Gasteiger partial charge on any atom is 0.407 e. The van der Waals surface area contributed by atoms with E-state index in [1.165, 1.54) is 4.90 Å². The van der Waals surface area contributed by atoms with Gasteiger partial charge in [-0.3, -0.25) is 0 Å². The summed E-state index contributed by atoms with van der Waals surface area (Å²) < 4.78 is 5.03. The summed E-state index contributed by atoms with van der Waals surface area (Å²) in [5.41, 5.74) is -1.14. The van der Waals surface area contributed by atoms with Crippen LogP contribution in [0.5, 0.6) is 0 Å². The highest BCUT2D eigenvalue weighted by Gasteiger charge is 2.59. The monoisotopic (exact) mass is 253 g/mol. The molecule has 1 aromatic rings. The van der Waals surface area contributed by atoms with Gasteiger partial charge in [0.2, 0.25) is 0 Å². The number of nitrogens with zero attached hydrogens (tertiary/aromatic N) is 3. The molecule has 98 valence electrons. The average molecular weight is 253 g/mol. The van der Waals surface area contributed by atoms with Gasteiger partial charge < -0.3 is 19.6 Å². The lowest BCUT2D eigenvalue weighted by atomic mass is 10.1. The minimum atomic E-state index is -1.14. The summed E-state index contributed by atoms with van der Waals surface area (Å²) in [6.45, 7) is 4.25. The molecule has 0 radical (unpaired) electrons. The van der Waals surface area contributed by atoms with Gasteiger partial charge in [0.25, 0.3) is 5.89 Å².